The number of aromatic hydroxyl groups is 1. The Morgan fingerprint density at radius 1 is 1.21 bits per heavy atom. The van der Waals surface area contributed by atoms with E-state index in [2.05, 4.69) is 11.1 Å². The van der Waals surface area contributed by atoms with Crippen LogP contribution in [0.2, 0.25) is 0 Å². The van der Waals surface area contributed by atoms with Crippen molar-refractivity contribution in [1.82, 2.24) is 9.55 Å². The molecule has 0 saturated heterocycles. The first-order chi connectivity index (χ1) is 11.6. The van der Waals surface area contributed by atoms with Gasteiger partial charge in [-0.2, -0.15) is 0 Å². The number of para-hydroxylation sites is 1. The lowest BCUT2D eigenvalue weighted by molar-refractivity contribution is 0.476. The summed E-state index contributed by atoms with van der Waals surface area (Å²) in [5.41, 5.74) is 2.04. The second-order valence-corrected chi connectivity index (χ2v) is 6.69. The van der Waals surface area contributed by atoms with Crippen LogP contribution in [-0.4, -0.2) is 14.7 Å². The molecular formula is C19H20N2O2S. The summed E-state index contributed by atoms with van der Waals surface area (Å²) in [6.07, 6.45) is 1.42. The number of hydrogen-bond donors (Lipinski definition) is 1. The van der Waals surface area contributed by atoms with Crippen molar-refractivity contribution in [3.63, 3.8) is 0 Å². The Hall–Kier alpha value is -2.40. The number of nitrogens with zero attached hydrogens (tertiary/aromatic N) is 2. The molecule has 0 spiro atoms. The first-order valence-electron chi connectivity index (χ1n) is 8.03. The van der Waals surface area contributed by atoms with Gasteiger partial charge in [-0.15, -0.1) is 11.3 Å². The lowest BCUT2D eigenvalue weighted by Crippen LogP contribution is -2.28. The summed E-state index contributed by atoms with van der Waals surface area (Å²) in [7, 11) is 0. The van der Waals surface area contributed by atoms with E-state index in [0.29, 0.717) is 24.4 Å². The lowest BCUT2D eigenvalue weighted by atomic mass is 10.1. The highest BCUT2D eigenvalue weighted by molar-refractivity contribution is 7.09. The summed E-state index contributed by atoms with van der Waals surface area (Å²) < 4.78 is 1.70. The minimum atomic E-state index is -0.0141. The largest absolute Gasteiger partial charge is 0.507 e. The number of rotatable bonds is 5. The van der Waals surface area contributed by atoms with Crippen molar-refractivity contribution < 1.29 is 5.11 Å². The molecule has 1 N–H and O–H groups in total. The van der Waals surface area contributed by atoms with Crippen molar-refractivity contribution >= 4 is 11.3 Å². The van der Waals surface area contributed by atoms with Crippen LogP contribution in [0.25, 0.3) is 11.4 Å². The molecule has 0 atom stereocenters. The van der Waals surface area contributed by atoms with Crippen LogP contribution in [0.5, 0.6) is 5.75 Å². The van der Waals surface area contributed by atoms with Gasteiger partial charge in [-0.1, -0.05) is 25.1 Å². The highest BCUT2D eigenvalue weighted by Crippen LogP contribution is 2.27. The van der Waals surface area contributed by atoms with Gasteiger partial charge in [-0.25, -0.2) is 4.98 Å². The Kier molecular flexibility index (Phi) is 4.81. The second-order valence-electron chi connectivity index (χ2n) is 5.66. The van der Waals surface area contributed by atoms with Crippen molar-refractivity contribution in [2.45, 2.75) is 33.2 Å². The maximum atomic E-state index is 12.9. The molecule has 0 aliphatic heterocycles. The molecule has 0 saturated carbocycles. The van der Waals surface area contributed by atoms with Crippen LogP contribution >= 0.6 is 11.3 Å². The zero-order chi connectivity index (χ0) is 17.1. The van der Waals surface area contributed by atoms with Crippen LogP contribution in [0.3, 0.4) is 0 Å². The van der Waals surface area contributed by atoms with Gasteiger partial charge in [0.15, 0.2) is 0 Å². The summed E-state index contributed by atoms with van der Waals surface area (Å²) in [5, 5.41) is 12.2. The monoisotopic (exact) mass is 340 g/mol. The Labute approximate surface area is 145 Å². The fraction of sp³-hybridized carbons (Fsp3) is 0.263. The summed E-state index contributed by atoms with van der Waals surface area (Å²) in [5.74, 6) is 0.669. The molecule has 0 bridgehead atoms. The predicted molar refractivity (Wildman–Crippen MR) is 97.7 cm³/mol. The zero-order valence-corrected chi connectivity index (χ0v) is 14.6. The van der Waals surface area contributed by atoms with Crippen molar-refractivity contribution in [2.24, 2.45) is 0 Å². The van der Waals surface area contributed by atoms with Gasteiger partial charge in [-0.3, -0.25) is 9.36 Å². The lowest BCUT2D eigenvalue weighted by Gasteiger charge is -2.16. The third-order valence-electron chi connectivity index (χ3n) is 4.13. The molecule has 0 fully saturated rings. The van der Waals surface area contributed by atoms with E-state index in [1.165, 1.54) is 4.88 Å². The molecule has 4 nitrogen and oxygen atoms in total. The maximum absolute atomic E-state index is 12.9. The van der Waals surface area contributed by atoms with E-state index in [1.807, 2.05) is 31.4 Å². The second kappa shape index (κ2) is 7.01. The highest BCUT2D eigenvalue weighted by atomic mass is 32.1. The van der Waals surface area contributed by atoms with Crippen molar-refractivity contribution in [1.29, 1.82) is 0 Å². The van der Waals surface area contributed by atoms with Gasteiger partial charge in [0, 0.05) is 22.7 Å². The molecule has 2 aromatic heterocycles. The molecule has 3 rings (SSSR count). The molecule has 0 aliphatic carbocycles. The van der Waals surface area contributed by atoms with Crippen molar-refractivity contribution in [3.8, 4) is 17.1 Å². The molecule has 0 aliphatic rings. The SMILES string of the molecule is CCc1c(C)nc(-c2ccccc2O)n(CCc2cccs2)c1=O. The molecular weight excluding hydrogens is 320 g/mol. The molecule has 0 radical (unpaired) electrons. The first kappa shape index (κ1) is 16.5. The zero-order valence-electron chi connectivity index (χ0n) is 13.8. The Morgan fingerprint density at radius 3 is 2.67 bits per heavy atom. The maximum Gasteiger partial charge on any atom is 0.257 e. The number of hydrogen-bond acceptors (Lipinski definition) is 4. The number of benzene rings is 1. The van der Waals surface area contributed by atoms with Gasteiger partial charge >= 0.3 is 0 Å². The Bertz CT molecular complexity index is 898. The minimum absolute atomic E-state index is 0.0141. The average molecular weight is 340 g/mol. The fourth-order valence-corrected chi connectivity index (χ4v) is 3.56. The van der Waals surface area contributed by atoms with Gasteiger partial charge in [0.2, 0.25) is 0 Å². The standard InChI is InChI=1S/C19H20N2O2S/c1-3-15-13(2)20-18(16-8-4-5-9-17(16)22)21(19(15)23)11-10-14-7-6-12-24-14/h4-9,12,22H,3,10-11H2,1-2H3. The van der Waals surface area contributed by atoms with E-state index < -0.39 is 0 Å². The number of aryl methyl sites for hydroxylation is 2. The number of thiophene rings is 1. The van der Waals surface area contributed by atoms with E-state index in [-0.39, 0.29) is 11.3 Å². The summed E-state index contributed by atoms with van der Waals surface area (Å²) >= 11 is 1.68. The van der Waals surface area contributed by atoms with Gasteiger partial charge in [0.1, 0.15) is 11.6 Å². The molecule has 124 valence electrons. The molecule has 0 unspecified atom stereocenters. The summed E-state index contributed by atoms with van der Waals surface area (Å²) in [6, 6.07) is 11.1. The van der Waals surface area contributed by atoms with E-state index in [1.54, 1.807) is 34.1 Å². The topological polar surface area (TPSA) is 55.1 Å². The highest BCUT2D eigenvalue weighted by Gasteiger charge is 2.16. The fourth-order valence-electron chi connectivity index (χ4n) is 2.86. The normalized spacial score (nSPS) is 10.9. The smallest absolute Gasteiger partial charge is 0.257 e. The summed E-state index contributed by atoms with van der Waals surface area (Å²) in [4.78, 5) is 18.8. The van der Waals surface area contributed by atoms with Crippen LogP contribution < -0.4 is 5.56 Å². The third kappa shape index (κ3) is 3.12. The van der Waals surface area contributed by atoms with Crippen LogP contribution in [0.1, 0.15) is 23.1 Å². The molecule has 0 amide bonds. The number of phenols is 1. The quantitative estimate of drug-likeness (QED) is 0.769. The van der Waals surface area contributed by atoms with Gasteiger partial charge in [0.05, 0.1) is 5.56 Å². The van der Waals surface area contributed by atoms with Crippen LogP contribution in [0.15, 0.2) is 46.6 Å². The van der Waals surface area contributed by atoms with E-state index in [0.717, 1.165) is 17.7 Å². The number of aromatic nitrogens is 2. The average Bonchev–Trinajstić information content (AvgIpc) is 3.08. The van der Waals surface area contributed by atoms with Crippen LogP contribution in [0, 0.1) is 6.92 Å². The summed E-state index contributed by atoms with van der Waals surface area (Å²) in [6.45, 7) is 4.37. The Morgan fingerprint density at radius 2 is 2.00 bits per heavy atom. The van der Waals surface area contributed by atoms with E-state index in [4.69, 9.17) is 0 Å². The third-order valence-corrected chi connectivity index (χ3v) is 5.07. The van der Waals surface area contributed by atoms with Gasteiger partial charge in [-0.05, 0) is 43.3 Å². The minimum Gasteiger partial charge on any atom is -0.507 e. The Balaban J connectivity index is 2.13. The van der Waals surface area contributed by atoms with Crippen LogP contribution in [0.4, 0.5) is 0 Å². The predicted octanol–water partition coefficient (Wildman–Crippen LogP) is 3.79. The molecule has 2 heterocycles. The van der Waals surface area contributed by atoms with E-state index >= 15 is 0 Å². The van der Waals surface area contributed by atoms with Gasteiger partial charge in [0.25, 0.3) is 5.56 Å². The van der Waals surface area contributed by atoms with Crippen molar-refractivity contribution in [3.05, 3.63) is 68.3 Å². The van der Waals surface area contributed by atoms with Crippen LogP contribution in [-0.2, 0) is 19.4 Å². The molecule has 3 aromatic rings. The number of phenolic OH excluding ortho intramolecular Hbond substituents is 1. The first-order valence-corrected chi connectivity index (χ1v) is 8.90. The van der Waals surface area contributed by atoms with E-state index in [9.17, 15) is 9.90 Å². The molecule has 5 heteroatoms. The van der Waals surface area contributed by atoms with Crippen molar-refractivity contribution in [2.75, 3.05) is 0 Å². The molecule has 1 aromatic carbocycles. The molecule has 24 heavy (non-hydrogen) atoms. The van der Waals surface area contributed by atoms with Gasteiger partial charge < -0.3 is 5.11 Å².